The Morgan fingerprint density at radius 3 is 2.48 bits per heavy atom. The summed E-state index contributed by atoms with van der Waals surface area (Å²) in [5.74, 6) is -0.752. The highest BCUT2D eigenvalue weighted by molar-refractivity contribution is 6.31. The Kier molecular flexibility index (Phi) is 7.22. The van der Waals surface area contributed by atoms with Crippen molar-refractivity contribution in [1.82, 2.24) is 4.90 Å². The smallest absolute Gasteiger partial charge is 0.305 e. The molecule has 2 aromatic rings. The number of aliphatic carboxylic acids is 1. The number of carboxylic acid groups (broad SMARTS) is 1. The molecule has 164 valence electrons. The fraction of sp³-hybridized carbons (Fsp3) is 0.385. The van der Waals surface area contributed by atoms with Crippen LogP contribution in [0.2, 0.25) is 5.02 Å². The molecule has 0 aliphatic carbocycles. The van der Waals surface area contributed by atoms with E-state index in [2.05, 4.69) is 45.0 Å². The number of carbonyl (C=O) groups excluding carboxylic acids is 1. The van der Waals surface area contributed by atoms with Gasteiger partial charge in [0.2, 0.25) is 5.91 Å². The van der Waals surface area contributed by atoms with Crippen LogP contribution < -0.4 is 0 Å². The van der Waals surface area contributed by atoms with Crippen LogP contribution in [0.25, 0.3) is 0 Å². The van der Waals surface area contributed by atoms with Gasteiger partial charge in [0.05, 0.1) is 6.42 Å². The van der Waals surface area contributed by atoms with Crippen LogP contribution in [0.4, 0.5) is 0 Å². The number of nitrogens with zero attached hydrogens (tertiary/aromatic N) is 1. The van der Waals surface area contributed by atoms with E-state index in [4.69, 9.17) is 16.7 Å². The average molecular weight is 440 g/mol. The number of aryl methyl sites for hydroxylation is 2. The van der Waals surface area contributed by atoms with E-state index in [1.54, 1.807) is 4.90 Å². The Bertz CT molecular complexity index is 983. The van der Waals surface area contributed by atoms with E-state index in [0.717, 1.165) is 34.6 Å². The van der Waals surface area contributed by atoms with E-state index >= 15 is 0 Å². The lowest BCUT2D eigenvalue weighted by atomic mass is 9.68. The molecule has 1 heterocycles. The highest BCUT2D eigenvalue weighted by Gasteiger charge is 2.40. The van der Waals surface area contributed by atoms with Crippen molar-refractivity contribution >= 4 is 23.5 Å². The fourth-order valence-electron chi connectivity index (χ4n) is 4.37. The second-order valence-corrected chi connectivity index (χ2v) is 9.18. The van der Waals surface area contributed by atoms with Crippen molar-refractivity contribution in [3.8, 4) is 0 Å². The van der Waals surface area contributed by atoms with E-state index in [0.29, 0.717) is 6.42 Å². The van der Waals surface area contributed by atoms with Crippen molar-refractivity contribution < 1.29 is 14.7 Å². The summed E-state index contributed by atoms with van der Waals surface area (Å²) in [6, 6.07) is 16.5. The van der Waals surface area contributed by atoms with E-state index in [9.17, 15) is 9.59 Å². The van der Waals surface area contributed by atoms with E-state index in [-0.39, 0.29) is 24.8 Å². The predicted molar refractivity (Wildman–Crippen MR) is 124 cm³/mol. The molecular formula is C26H30ClNO3. The first-order chi connectivity index (χ1) is 14.7. The minimum absolute atomic E-state index is 0.0579. The minimum atomic E-state index is -0.904. The molecule has 31 heavy (non-hydrogen) atoms. The van der Waals surface area contributed by atoms with Gasteiger partial charge in [0.15, 0.2) is 0 Å². The van der Waals surface area contributed by atoms with Gasteiger partial charge in [-0.2, -0.15) is 0 Å². The molecule has 1 aliphatic rings. The van der Waals surface area contributed by atoms with Crippen LogP contribution in [-0.4, -0.2) is 28.4 Å². The Morgan fingerprint density at radius 1 is 1.16 bits per heavy atom. The quantitative estimate of drug-likeness (QED) is 0.579. The number of carboxylic acids is 1. The Hall–Kier alpha value is -2.59. The second-order valence-electron chi connectivity index (χ2n) is 8.77. The van der Waals surface area contributed by atoms with Crippen molar-refractivity contribution in [1.29, 1.82) is 0 Å². The maximum atomic E-state index is 12.8. The topological polar surface area (TPSA) is 57.6 Å². The monoisotopic (exact) mass is 439 g/mol. The van der Waals surface area contributed by atoms with Gasteiger partial charge in [-0.1, -0.05) is 74.8 Å². The molecule has 0 bridgehead atoms. The van der Waals surface area contributed by atoms with Crippen LogP contribution in [0.3, 0.4) is 0 Å². The molecular weight excluding hydrogens is 410 g/mol. The van der Waals surface area contributed by atoms with Gasteiger partial charge in [0.1, 0.15) is 0 Å². The van der Waals surface area contributed by atoms with Gasteiger partial charge in [-0.25, -0.2) is 0 Å². The molecule has 1 atom stereocenters. The zero-order valence-electron chi connectivity index (χ0n) is 18.4. The molecule has 0 saturated carbocycles. The molecule has 0 fully saturated rings. The van der Waals surface area contributed by atoms with E-state index in [1.807, 2.05) is 30.5 Å². The van der Waals surface area contributed by atoms with Crippen molar-refractivity contribution in [3.05, 3.63) is 82.0 Å². The number of hydrogen-bond acceptors (Lipinski definition) is 2. The standard InChI is InChI=1S/C26H30ClNO3/c1-18(2)22-17-28(14-13-25(30)31)24(29)16-26(22,3)21-12-11-20(23(27)15-21)10-9-19-7-5-4-6-8-19/h4-8,11-12,15,17-18H,9-10,13-14,16H2,1-3H3,(H,30,31)/t26-/m0/s1. The van der Waals surface area contributed by atoms with Crippen molar-refractivity contribution in [2.45, 2.75) is 51.9 Å². The maximum Gasteiger partial charge on any atom is 0.305 e. The van der Waals surface area contributed by atoms with Crippen LogP contribution in [0.1, 0.15) is 50.3 Å². The average Bonchev–Trinajstić information content (AvgIpc) is 2.72. The molecule has 0 radical (unpaired) electrons. The lowest BCUT2D eigenvalue weighted by Gasteiger charge is -2.41. The van der Waals surface area contributed by atoms with Crippen LogP contribution in [0.15, 0.2) is 60.3 Å². The van der Waals surface area contributed by atoms with Crippen LogP contribution in [0.5, 0.6) is 0 Å². The molecule has 0 spiro atoms. The summed E-state index contributed by atoms with van der Waals surface area (Å²) in [5, 5.41) is 9.71. The summed E-state index contributed by atoms with van der Waals surface area (Å²) in [6.07, 6.45) is 3.87. The highest BCUT2D eigenvalue weighted by atomic mass is 35.5. The van der Waals surface area contributed by atoms with Gasteiger partial charge >= 0.3 is 5.97 Å². The van der Waals surface area contributed by atoms with Gasteiger partial charge in [-0.05, 0) is 47.1 Å². The normalized spacial score (nSPS) is 18.9. The number of benzene rings is 2. The largest absolute Gasteiger partial charge is 0.481 e. The van der Waals surface area contributed by atoms with Gasteiger partial charge in [0, 0.05) is 29.6 Å². The first-order valence-electron chi connectivity index (χ1n) is 10.8. The molecule has 1 aliphatic heterocycles. The van der Waals surface area contributed by atoms with Gasteiger partial charge in [-0.3, -0.25) is 9.59 Å². The Labute approximate surface area is 189 Å². The maximum absolute atomic E-state index is 12.8. The zero-order valence-corrected chi connectivity index (χ0v) is 19.2. The zero-order chi connectivity index (χ0) is 22.6. The highest BCUT2D eigenvalue weighted by Crippen LogP contribution is 2.43. The molecule has 0 unspecified atom stereocenters. The number of halogens is 1. The molecule has 0 saturated heterocycles. The summed E-state index contributed by atoms with van der Waals surface area (Å²) in [7, 11) is 0. The van der Waals surface area contributed by atoms with Gasteiger partial charge in [0.25, 0.3) is 0 Å². The molecule has 5 heteroatoms. The third kappa shape index (κ3) is 5.37. The molecule has 3 rings (SSSR count). The SMILES string of the molecule is CC(C)C1=CN(CCC(=O)O)C(=O)C[C@@]1(C)c1ccc(CCc2ccccc2)c(Cl)c1. The Morgan fingerprint density at radius 2 is 1.87 bits per heavy atom. The van der Waals surface area contributed by atoms with Crippen LogP contribution in [-0.2, 0) is 27.8 Å². The predicted octanol–water partition coefficient (Wildman–Crippen LogP) is 5.63. The first kappa shape index (κ1) is 23.1. The molecule has 1 amide bonds. The van der Waals surface area contributed by atoms with Gasteiger partial charge in [-0.15, -0.1) is 0 Å². The fourth-order valence-corrected chi connectivity index (χ4v) is 4.64. The Balaban J connectivity index is 1.85. The number of carbonyl (C=O) groups is 2. The third-order valence-electron chi connectivity index (χ3n) is 6.16. The molecule has 0 aromatic heterocycles. The molecule has 1 N–H and O–H groups in total. The molecule has 4 nitrogen and oxygen atoms in total. The van der Waals surface area contributed by atoms with Crippen LogP contribution >= 0.6 is 11.6 Å². The number of hydrogen-bond donors (Lipinski definition) is 1. The first-order valence-corrected chi connectivity index (χ1v) is 11.1. The van der Waals surface area contributed by atoms with Crippen LogP contribution in [0, 0.1) is 5.92 Å². The minimum Gasteiger partial charge on any atom is -0.481 e. The van der Waals surface area contributed by atoms with E-state index < -0.39 is 11.4 Å². The van der Waals surface area contributed by atoms with Gasteiger partial charge < -0.3 is 10.0 Å². The summed E-state index contributed by atoms with van der Waals surface area (Å²) < 4.78 is 0. The summed E-state index contributed by atoms with van der Waals surface area (Å²) >= 11 is 6.67. The third-order valence-corrected chi connectivity index (χ3v) is 6.51. The summed E-state index contributed by atoms with van der Waals surface area (Å²) in [5.41, 5.74) is 4.04. The number of allylic oxidation sites excluding steroid dienone is 1. The lowest BCUT2D eigenvalue weighted by molar-refractivity contribution is -0.138. The summed E-state index contributed by atoms with van der Waals surface area (Å²) in [6.45, 7) is 6.48. The number of rotatable bonds is 8. The van der Waals surface area contributed by atoms with E-state index in [1.165, 1.54) is 5.56 Å². The van der Waals surface area contributed by atoms with Crippen molar-refractivity contribution in [2.24, 2.45) is 5.92 Å². The molecule has 2 aromatic carbocycles. The second kappa shape index (κ2) is 9.69. The number of amides is 1. The lowest BCUT2D eigenvalue weighted by Crippen LogP contribution is -2.42. The van der Waals surface area contributed by atoms with Crippen molar-refractivity contribution in [3.63, 3.8) is 0 Å². The van der Waals surface area contributed by atoms with Crippen molar-refractivity contribution in [2.75, 3.05) is 6.54 Å². The summed E-state index contributed by atoms with van der Waals surface area (Å²) in [4.78, 5) is 25.3.